The number of hydrogen-bond acceptors (Lipinski definition) is 0. The summed E-state index contributed by atoms with van der Waals surface area (Å²) < 4.78 is 0. The second-order valence-corrected chi connectivity index (χ2v) is 3.95. The molecule has 2 rings (SSSR count). The molecule has 0 bridgehead atoms. The first-order chi connectivity index (χ1) is 6.72. The van der Waals surface area contributed by atoms with E-state index in [1.54, 1.807) is 0 Å². The maximum absolute atomic E-state index is 2.29. The van der Waals surface area contributed by atoms with Gasteiger partial charge in [-0.25, -0.2) is 0 Å². The van der Waals surface area contributed by atoms with Crippen molar-refractivity contribution in [2.24, 2.45) is 0 Å². The smallest absolute Gasteiger partial charge is 0.0149 e. The molecule has 0 aliphatic heterocycles. The molecular weight excluding hydrogens is 168 g/mol. The zero-order chi connectivity index (χ0) is 10.1. The van der Waals surface area contributed by atoms with Gasteiger partial charge in [-0.3, -0.25) is 0 Å². The van der Waals surface area contributed by atoms with E-state index in [0.29, 0.717) is 0 Å². The number of hydrogen-bond donors (Lipinski definition) is 0. The first-order valence-corrected chi connectivity index (χ1v) is 5.21. The van der Waals surface area contributed by atoms with Gasteiger partial charge in [-0.2, -0.15) is 0 Å². The minimum absolute atomic E-state index is 1.11. The van der Waals surface area contributed by atoms with Crippen LogP contribution >= 0.6 is 0 Å². The molecule has 0 aliphatic rings. The number of rotatable bonds is 1. The molecule has 2 aromatic rings. The average molecular weight is 184 g/mol. The van der Waals surface area contributed by atoms with Gasteiger partial charge in [0.1, 0.15) is 0 Å². The van der Waals surface area contributed by atoms with Crippen LogP contribution in [-0.2, 0) is 6.42 Å². The Morgan fingerprint density at radius 3 is 2.50 bits per heavy atom. The van der Waals surface area contributed by atoms with Crippen LogP contribution in [0.25, 0.3) is 10.8 Å². The Hall–Kier alpha value is -1.30. The van der Waals surface area contributed by atoms with E-state index in [0.717, 1.165) is 6.42 Å². The maximum Gasteiger partial charge on any atom is -0.0149 e. The predicted octanol–water partition coefficient (Wildman–Crippen LogP) is 4.02. The highest BCUT2D eigenvalue weighted by Gasteiger charge is 2.02. The van der Waals surface area contributed by atoms with E-state index in [9.17, 15) is 0 Å². The van der Waals surface area contributed by atoms with Crippen LogP contribution in [0.1, 0.15) is 23.6 Å². The first kappa shape index (κ1) is 9.26. The first-order valence-electron chi connectivity index (χ1n) is 5.21. The van der Waals surface area contributed by atoms with Crippen molar-refractivity contribution in [3.8, 4) is 0 Å². The summed E-state index contributed by atoms with van der Waals surface area (Å²) >= 11 is 0. The highest BCUT2D eigenvalue weighted by Crippen LogP contribution is 2.24. The van der Waals surface area contributed by atoms with Crippen molar-refractivity contribution < 1.29 is 0 Å². The van der Waals surface area contributed by atoms with Crippen LogP contribution in [0.3, 0.4) is 0 Å². The zero-order valence-corrected chi connectivity index (χ0v) is 9.09. The van der Waals surface area contributed by atoms with Crippen LogP contribution < -0.4 is 0 Å². The van der Waals surface area contributed by atoms with Gasteiger partial charge in [-0.1, -0.05) is 42.8 Å². The van der Waals surface area contributed by atoms with Crippen LogP contribution in [-0.4, -0.2) is 0 Å². The molecule has 72 valence electrons. The molecular formula is C14H16. The molecule has 0 heterocycles. The minimum Gasteiger partial charge on any atom is -0.0614 e. The van der Waals surface area contributed by atoms with Crippen molar-refractivity contribution in [1.29, 1.82) is 0 Å². The summed E-state index contributed by atoms with van der Waals surface area (Å²) in [6.45, 7) is 6.57. The van der Waals surface area contributed by atoms with E-state index in [1.165, 1.54) is 27.5 Å². The standard InChI is InChI=1S/C14H16/c1-4-12-8-10(2)9-14-11(3)6-5-7-13(12)14/h5-9H,4H2,1-3H3. The molecule has 0 unspecified atom stereocenters. The van der Waals surface area contributed by atoms with Gasteiger partial charge in [0, 0.05) is 0 Å². The van der Waals surface area contributed by atoms with E-state index in [1.807, 2.05) is 0 Å². The van der Waals surface area contributed by atoms with Crippen molar-refractivity contribution in [3.05, 3.63) is 47.0 Å². The molecule has 0 heteroatoms. The molecule has 0 aromatic heterocycles. The average Bonchev–Trinajstić information content (AvgIpc) is 2.18. The summed E-state index contributed by atoms with van der Waals surface area (Å²) in [4.78, 5) is 0. The summed E-state index contributed by atoms with van der Waals surface area (Å²) in [6.07, 6.45) is 1.11. The van der Waals surface area contributed by atoms with E-state index in [-0.39, 0.29) is 0 Å². The highest BCUT2D eigenvalue weighted by molar-refractivity contribution is 5.89. The van der Waals surface area contributed by atoms with Crippen molar-refractivity contribution >= 4 is 10.8 Å². The van der Waals surface area contributed by atoms with Gasteiger partial charge < -0.3 is 0 Å². The topological polar surface area (TPSA) is 0 Å². The lowest BCUT2D eigenvalue weighted by Crippen LogP contribution is -1.87. The summed E-state index contributed by atoms with van der Waals surface area (Å²) in [7, 11) is 0. The fraction of sp³-hybridized carbons (Fsp3) is 0.286. The molecule has 0 aliphatic carbocycles. The lowest BCUT2D eigenvalue weighted by molar-refractivity contribution is 1.15. The lowest BCUT2D eigenvalue weighted by atomic mass is 9.97. The SMILES string of the molecule is CCc1cc(C)cc2c(C)cccc12. The van der Waals surface area contributed by atoms with Gasteiger partial charge >= 0.3 is 0 Å². The second kappa shape index (κ2) is 3.45. The molecule has 0 nitrogen and oxygen atoms in total. The van der Waals surface area contributed by atoms with Crippen molar-refractivity contribution in [3.63, 3.8) is 0 Å². The Morgan fingerprint density at radius 1 is 1.00 bits per heavy atom. The Balaban J connectivity index is 2.87. The predicted molar refractivity (Wildman–Crippen MR) is 62.8 cm³/mol. The van der Waals surface area contributed by atoms with E-state index in [2.05, 4.69) is 51.1 Å². The Kier molecular flexibility index (Phi) is 2.28. The molecule has 0 saturated carbocycles. The fourth-order valence-electron chi connectivity index (χ4n) is 2.07. The van der Waals surface area contributed by atoms with E-state index in [4.69, 9.17) is 0 Å². The normalized spacial score (nSPS) is 10.8. The van der Waals surface area contributed by atoms with Crippen LogP contribution in [0.5, 0.6) is 0 Å². The maximum atomic E-state index is 2.29. The van der Waals surface area contributed by atoms with Crippen molar-refractivity contribution in [2.75, 3.05) is 0 Å². The Morgan fingerprint density at radius 2 is 1.79 bits per heavy atom. The number of aryl methyl sites for hydroxylation is 3. The molecule has 0 N–H and O–H groups in total. The zero-order valence-electron chi connectivity index (χ0n) is 9.09. The number of fused-ring (bicyclic) bond motifs is 1. The van der Waals surface area contributed by atoms with Crippen molar-refractivity contribution in [1.82, 2.24) is 0 Å². The highest BCUT2D eigenvalue weighted by atomic mass is 14.1. The van der Waals surface area contributed by atoms with Crippen LogP contribution in [0.2, 0.25) is 0 Å². The fourth-order valence-corrected chi connectivity index (χ4v) is 2.07. The number of benzene rings is 2. The lowest BCUT2D eigenvalue weighted by Gasteiger charge is -2.08. The molecule has 0 amide bonds. The second-order valence-electron chi connectivity index (χ2n) is 3.95. The van der Waals surface area contributed by atoms with Gasteiger partial charge in [0.05, 0.1) is 0 Å². The monoisotopic (exact) mass is 184 g/mol. The summed E-state index contributed by atoms with van der Waals surface area (Å²) in [6, 6.07) is 11.1. The minimum atomic E-state index is 1.11. The van der Waals surface area contributed by atoms with Gasteiger partial charge in [0.15, 0.2) is 0 Å². The molecule has 0 radical (unpaired) electrons. The molecule has 2 aromatic carbocycles. The Bertz CT molecular complexity index is 467. The van der Waals surface area contributed by atoms with Crippen LogP contribution in [0, 0.1) is 13.8 Å². The molecule has 0 atom stereocenters. The van der Waals surface area contributed by atoms with Crippen LogP contribution in [0.15, 0.2) is 30.3 Å². The van der Waals surface area contributed by atoms with Gasteiger partial charge in [0.25, 0.3) is 0 Å². The van der Waals surface area contributed by atoms with E-state index < -0.39 is 0 Å². The Labute approximate surface area is 85.6 Å². The largest absolute Gasteiger partial charge is 0.0614 e. The van der Waals surface area contributed by atoms with Crippen molar-refractivity contribution in [2.45, 2.75) is 27.2 Å². The van der Waals surface area contributed by atoms with E-state index >= 15 is 0 Å². The van der Waals surface area contributed by atoms with Gasteiger partial charge in [0.2, 0.25) is 0 Å². The third-order valence-electron chi connectivity index (χ3n) is 2.82. The molecule has 0 saturated heterocycles. The molecule has 0 fully saturated rings. The summed E-state index contributed by atoms with van der Waals surface area (Å²) in [5, 5.41) is 2.82. The van der Waals surface area contributed by atoms with Gasteiger partial charge in [-0.15, -0.1) is 0 Å². The molecule has 14 heavy (non-hydrogen) atoms. The third kappa shape index (κ3) is 1.41. The van der Waals surface area contributed by atoms with Gasteiger partial charge in [-0.05, 0) is 42.2 Å². The van der Waals surface area contributed by atoms with Crippen LogP contribution in [0.4, 0.5) is 0 Å². The summed E-state index contributed by atoms with van der Waals surface area (Å²) in [5.41, 5.74) is 4.20. The quantitative estimate of drug-likeness (QED) is 0.628. The third-order valence-corrected chi connectivity index (χ3v) is 2.82. The summed E-state index contributed by atoms with van der Waals surface area (Å²) in [5.74, 6) is 0. The molecule has 0 spiro atoms.